The Balaban J connectivity index is 1.59. The highest BCUT2D eigenvalue weighted by Crippen LogP contribution is 2.70. The molecule has 0 amide bonds. The molecule has 3 aliphatic rings. The molecule has 1 saturated carbocycles. The van der Waals surface area contributed by atoms with E-state index >= 15 is 0 Å². The standard InChI is InChI=1S/C31H35F2N3O5/c1-35(2)15-21-26(18-8-6-5-7-9-18)31(19-10-12-20(13-11-19)36-16-22(32)23(33)17-36)30(38,28(21)37)27-24(41-31)14-25(39-3)34-29(27)40-4/h5-14,21-23,26,28,37-38H,15-17H2,1-4H3/t21-,22-,23+,26-,28-,30+,31+/m1/s1. The second-order valence-electron chi connectivity index (χ2n) is 11.4. The predicted molar refractivity (Wildman–Crippen MR) is 149 cm³/mol. The maximum Gasteiger partial charge on any atom is 0.226 e. The average Bonchev–Trinajstić information content (AvgIpc) is 3.51. The molecular formula is C31H35F2N3O5. The molecule has 2 aromatic carbocycles. The van der Waals surface area contributed by atoms with Crippen molar-refractivity contribution < 1.29 is 33.2 Å². The van der Waals surface area contributed by atoms with Crippen LogP contribution in [0.5, 0.6) is 17.5 Å². The van der Waals surface area contributed by atoms with Crippen molar-refractivity contribution in [3.05, 3.63) is 77.4 Å². The maximum absolute atomic E-state index is 14.0. The van der Waals surface area contributed by atoms with E-state index in [0.29, 0.717) is 23.5 Å². The van der Waals surface area contributed by atoms with Crippen molar-refractivity contribution in [3.8, 4) is 17.5 Å². The van der Waals surface area contributed by atoms with Gasteiger partial charge in [-0.2, -0.15) is 4.98 Å². The Morgan fingerprint density at radius 3 is 2.27 bits per heavy atom. The van der Waals surface area contributed by atoms with Gasteiger partial charge in [0, 0.05) is 30.1 Å². The zero-order valence-electron chi connectivity index (χ0n) is 23.5. The molecule has 8 nitrogen and oxygen atoms in total. The SMILES string of the molecule is COc1cc2c(c(OC)n1)[C@]1(O)[C@H](O)[C@H](CN(C)C)[C@@H](c3ccccc3)[C@]1(c1ccc(N3C[C@@H](F)[C@@H](F)C3)cc1)O2. The van der Waals surface area contributed by atoms with Crippen LogP contribution in [0.3, 0.4) is 0 Å². The number of methoxy groups -OCH3 is 2. The number of aliphatic hydroxyl groups excluding tert-OH is 1. The highest BCUT2D eigenvalue weighted by Gasteiger charge is 2.77. The number of aliphatic hydroxyl groups is 2. The van der Waals surface area contributed by atoms with E-state index in [2.05, 4.69) is 4.98 Å². The molecule has 10 heteroatoms. The Hall–Kier alpha value is -3.47. The van der Waals surface area contributed by atoms with E-state index in [1.54, 1.807) is 23.1 Å². The van der Waals surface area contributed by atoms with Gasteiger partial charge < -0.3 is 34.2 Å². The van der Waals surface area contributed by atoms with Crippen molar-refractivity contribution in [3.63, 3.8) is 0 Å². The number of benzene rings is 2. The summed E-state index contributed by atoms with van der Waals surface area (Å²) < 4.78 is 45.9. The molecule has 1 saturated heterocycles. The van der Waals surface area contributed by atoms with Crippen LogP contribution in [-0.2, 0) is 11.2 Å². The normalized spacial score (nSPS) is 32.1. The molecule has 41 heavy (non-hydrogen) atoms. The number of rotatable bonds is 7. The Labute approximate surface area is 238 Å². The molecule has 6 rings (SSSR count). The van der Waals surface area contributed by atoms with Crippen LogP contribution in [0.2, 0.25) is 0 Å². The number of halogens is 2. The predicted octanol–water partition coefficient (Wildman–Crippen LogP) is 3.41. The topological polar surface area (TPSA) is 87.5 Å². The number of aromatic nitrogens is 1. The molecule has 0 spiro atoms. The second kappa shape index (κ2) is 10.1. The summed E-state index contributed by atoms with van der Waals surface area (Å²) in [5.41, 5.74) is -1.09. The lowest BCUT2D eigenvalue weighted by molar-refractivity contribution is -0.152. The first-order valence-electron chi connectivity index (χ1n) is 13.7. The van der Waals surface area contributed by atoms with Crippen LogP contribution in [-0.4, -0.2) is 86.5 Å². The van der Waals surface area contributed by atoms with Gasteiger partial charge in [-0.25, -0.2) is 8.78 Å². The van der Waals surface area contributed by atoms with Crippen molar-refractivity contribution in [2.45, 2.75) is 35.6 Å². The summed E-state index contributed by atoms with van der Waals surface area (Å²) in [6.07, 6.45) is -4.36. The summed E-state index contributed by atoms with van der Waals surface area (Å²) in [6, 6.07) is 18.5. The lowest BCUT2D eigenvalue weighted by Crippen LogP contribution is -2.52. The molecule has 0 radical (unpaired) electrons. The minimum absolute atomic E-state index is 0.0313. The molecule has 3 aromatic rings. The number of hydrogen-bond acceptors (Lipinski definition) is 8. The maximum atomic E-state index is 14.0. The third-order valence-electron chi connectivity index (χ3n) is 8.83. The zero-order chi connectivity index (χ0) is 29.1. The minimum Gasteiger partial charge on any atom is -0.481 e. The van der Waals surface area contributed by atoms with Gasteiger partial charge in [0.25, 0.3) is 0 Å². The lowest BCUT2D eigenvalue weighted by atomic mass is 9.70. The molecule has 7 atom stereocenters. The van der Waals surface area contributed by atoms with E-state index in [0.717, 1.165) is 5.56 Å². The number of nitrogens with zero attached hydrogens (tertiary/aromatic N) is 3. The van der Waals surface area contributed by atoms with Crippen LogP contribution in [0.15, 0.2) is 60.7 Å². The molecule has 218 valence electrons. The third-order valence-corrected chi connectivity index (χ3v) is 8.83. The first-order valence-corrected chi connectivity index (χ1v) is 13.7. The molecule has 0 bridgehead atoms. The number of ether oxygens (including phenoxy) is 3. The Bertz CT molecular complexity index is 1400. The summed E-state index contributed by atoms with van der Waals surface area (Å²) in [4.78, 5) is 8.07. The molecule has 1 aliphatic carbocycles. The van der Waals surface area contributed by atoms with E-state index in [-0.39, 0.29) is 30.4 Å². The lowest BCUT2D eigenvalue weighted by Gasteiger charge is -2.41. The van der Waals surface area contributed by atoms with Crippen LogP contribution < -0.4 is 19.1 Å². The summed E-state index contributed by atoms with van der Waals surface area (Å²) in [5, 5.41) is 25.1. The average molecular weight is 568 g/mol. The monoisotopic (exact) mass is 567 g/mol. The van der Waals surface area contributed by atoms with E-state index in [1.165, 1.54) is 14.2 Å². The van der Waals surface area contributed by atoms with Gasteiger partial charge in [0.15, 0.2) is 23.5 Å². The van der Waals surface area contributed by atoms with Gasteiger partial charge >= 0.3 is 0 Å². The van der Waals surface area contributed by atoms with Gasteiger partial charge in [-0.3, -0.25) is 0 Å². The first-order chi connectivity index (χ1) is 19.6. The van der Waals surface area contributed by atoms with E-state index < -0.39 is 41.5 Å². The van der Waals surface area contributed by atoms with Crippen molar-refractivity contribution >= 4 is 5.69 Å². The highest BCUT2D eigenvalue weighted by atomic mass is 19.2. The molecule has 2 N–H and O–H groups in total. The Morgan fingerprint density at radius 2 is 1.68 bits per heavy atom. The van der Waals surface area contributed by atoms with Gasteiger partial charge in [-0.05, 0) is 37.4 Å². The van der Waals surface area contributed by atoms with Crippen molar-refractivity contribution in [1.82, 2.24) is 9.88 Å². The number of alkyl halides is 2. The van der Waals surface area contributed by atoms with Gasteiger partial charge in [-0.15, -0.1) is 0 Å². The third kappa shape index (κ3) is 3.99. The largest absolute Gasteiger partial charge is 0.481 e. The molecule has 2 aliphatic heterocycles. The number of hydrogen-bond donors (Lipinski definition) is 2. The fourth-order valence-corrected chi connectivity index (χ4v) is 7.14. The smallest absolute Gasteiger partial charge is 0.226 e. The highest BCUT2D eigenvalue weighted by molar-refractivity contribution is 5.61. The van der Waals surface area contributed by atoms with E-state index in [4.69, 9.17) is 14.2 Å². The number of fused-ring (bicyclic) bond motifs is 3. The van der Waals surface area contributed by atoms with E-state index in [1.807, 2.05) is 61.5 Å². The summed E-state index contributed by atoms with van der Waals surface area (Å²) >= 11 is 0. The van der Waals surface area contributed by atoms with Gasteiger partial charge in [0.05, 0.1) is 39.0 Å². The molecule has 1 aromatic heterocycles. The summed E-state index contributed by atoms with van der Waals surface area (Å²) in [7, 11) is 6.76. The fraction of sp³-hybridized carbons (Fsp3) is 0.452. The minimum atomic E-state index is -1.97. The summed E-state index contributed by atoms with van der Waals surface area (Å²) in [6.45, 7) is 0.393. The van der Waals surface area contributed by atoms with Gasteiger partial charge in [0.2, 0.25) is 11.8 Å². The van der Waals surface area contributed by atoms with Gasteiger partial charge in [0.1, 0.15) is 5.75 Å². The van der Waals surface area contributed by atoms with Crippen LogP contribution in [0.25, 0.3) is 0 Å². The molecule has 0 unspecified atom stereocenters. The Kier molecular flexibility index (Phi) is 6.83. The molecule has 3 heterocycles. The van der Waals surface area contributed by atoms with Crippen molar-refractivity contribution in [1.29, 1.82) is 0 Å². The van der Waals surface area contributed by atoms with Gasteiger partial charge in [-0.1, -0.05) is 42.5 Å². The number of pyridine rings is 1. The van der Waals surface area contributed by atoms with Crippen LogP contribution in [0.1, 0.15) is 22.6 Å². The van der Waals surface area contributed by atoms with Crippen LogP contribution >= 0.6 is 0 Å². The van der Waals surface area contributed by atoms with Crippen LogP contribution in [0.4, 0.5) is 14.5 Å². The number of anilines is 1. The summed E-state index contributed by atoms with van der Waals surface area (Å²) in [5.74, 6) is -0.353. The van der Waals surface area contributed by atoms with E-state index in [9.17, 15) is 19.0 Å². The van der Waals surface area contributed by atoms with Crippen molar-refractivity contribution in [2.24, 2.45) is 5.92 Å². The zero-order valence-corrected chi connectivity index (χ0v) is 23.5. The molecule has 2 fully saturated rings. The van der Waals surface area contributed by atoms with Crippen molar-refractivity contribution in [2.75, 3.05) is 52.8 Å². The fourth-order valence-electron chi connectivity index (χ4n) is 7.14. The Morgan fingerprint density at radius 1 is 1.02 bits per heavy atom. The second-order valence-corrected chi connectivity index (χ2v) is 11.4. The molecular weight excluding hydrogens is 532 g/mol. The quantitative estimate of drug-likeness (QED) is 0.450. The first kappa shape index (κ1) is 27.7. The van der Waals surface area contributed by atoms with Crippen LogP contribution in [0, 0.1) is 5.92 Å².